The van der Waals surface area contributed by atoms with Crippen molar-refractivity contribution in [1.82, 2.24) is 0 Å². The Bertz CT molecular complexity index is 607. The first-order valence-corrected chi connectivity index (χ1v) is 7.09. The zero-order valence-electron chi connectivity index (χ0n) is 12.1. The summed E-state index contributed by atoms with van der Waals surface area (Å²) in [6.07, 6.45) is 1.61. The minimum atomic E-state index is -0.446. The molecule has 4 nitrogen and oxygen atoms in total. The van der Waals surface area contributed by atoms with Crippen molar-refractivity contribution in [2.45, 2.75) is 32.8 Å². The van der Waals surface area contributed by atoms with E-state index >= 15 is 0 Å². The van der Waals surface area contributed by atoms with E-state index in [0.29, 0.717) is 18.4 Å². The van der Waals surface area contributed by atoms with Crippen molar-refractivity contribution in [3.63, 3.8) is 0 Å². The Balaban J connectivity index is 2.20. The minimum absolute atomic E-state index is 0.0924. The van der Waals surface area contributed by atoms with E-state index in [1.54, 1.807) is 6.92 Å². The summed E-state index contributed by atoms with van der Waals surface area (Å²) in [6, 6.07) is 4.07. The second-order valence-electron chi connectivity index (χ2n) is 5.62. The molecule has 1 amide bonds. The van der Waals surface area contributed by atoms with Gasteiger partial charge < -0.3 is 15.8 Å². The topological polar surface area (TPSA) is 64.3 Å². The fraction of sp³-hybridized carbons (Fsp3) is 0.438. The van der Waals surface area contributed by atoms with Crippen LogP contribution in [0.4, 0.5) is 5.69 Å². The summed E-state index contributed by atoms with van der Waals surface area (Å²) in [5.74, 6) is 1.48. The first kappa shape index (κ1) is 13.2. The summed E-state index contributed by atoms with van der Waals surface area (Å²) in [7, 11) is 0. The molecule has 1 aromatic carbocycles. The average Bonchev–Trinajstić information content (AvgIpc) is 2.66. The van der Waals surface area contributed by atoms with Gasteiger partial charge in [-0.05, 0) is 36.0 Å². The summed E-state index contributed by atoms with van der Waals surface area (Å²) in [4.78, 5) is 11.9. The Morgan fingerprint density at radius 2 is 2.05 bits per heavy atom. The van der Waals surface area contributed by atoms with Crippen molar-refractivity contribution in [3.8, 4) is 5.75 Å². The molecule has 1 aliphatic carbocycles. The van der Waals surface area contributed by atoms with Gasteiger partial charge in [-0.2, -0.15) is 0 Å². The number of benzene rings is 1. The molecule has 0 saturated carbocycles. The number of anilines is 1. The van der Waals surface area contributed by atoms with Crippen LogP contribution in [0.3, 0.4) is 0 Å². The molecule has 0 aromatic heterocycles. The van der Waals surface area contributed by atoms with Gasteiger partial charge in [0.05, 0.1) is 5.69 Å². The quantitative estimate of drug-likeness (QED) is 0.825. The maximum absolute atomic E-state index is 11.9. The van der Waals surface area contributed by atoms with Crippen LogP contribution in [0.1, 0.15) is 37.8 Å². The third kappa shape index (κ3) is 1.75. The Labute approximate surface area is 119 Å². The SMILES string of the molecule is CC1Oc2ccc3c(c2NC1=O)/C(=C/CN)C(C)C3C. The number of nitrogens with two attached hydrogens (primary N) is 1. The van der Waals surface area contributed by atoms with Gasteiger partial charge in [-0.1, -0.05) is 26.0 Å². The predicted molar refractivity (Wildman–Crippen MR) is 79.8 cm³/mol. The van der Waals surface area contributed by atoms with Gasteiger partial charge in [0, 0.05) is 12.1 Å². The first-order valence-electron chi connectivity index (χ1n) is 7.09. The van der Waals surface area contributed by atoms with Gasteiger partial charge in [-0.15, -0.1) is 0 Å². The third-order valence-electron chi connectivity index (χ3n) is 4.48. The van der Waals surface area contributed by atoms with Gasteiger partial charge in [0.15, 0.2) is 6.10 Å². The second-order valence-corrected chi connectivity index (χ2v) is 5.62. The molecule has 0 bridgehead atoms. The van der Waals surface area contributed by atoms with Crippen LogP contribution in [0.5, 0.6) is 5.75 Å². The number of nitrogens with one attached hydrogen (secondary N) is 1. The van der Waals surface area contributed by atoms with Crippen LogP contribution in [0.25, 0.3) is 5.57 Å². The Morgan fingerprint density at radius 3 is 2.75 bits per heavy atom. The number of carbonyl (C=O) groups excluding carboxylic acids is 1. The van der Waals surface area contributed by atoms with E-state index in [4.69, 9.17) is 10.5 Å². The highest BCUT2D eigenvalue weighted by Gasteiger charge is 2.36. The molecule has 0 fully saturated rings. The standard InChI is InChI=1S/C16H20N2O2/c1-8-9(2)12(6-7-17)14-11(8)4-5-13-15(14)18-16(19)10(3)20-13/h4-6,8-10H,7,17H2,1-3H3,(H,18,19)/b12-6+. The molecule has 106 valence electrons. The number of rotatable bonds is 1. The monoisotopic (exact) mass is 272 g/mol. The van der Waals surface area contributed by atoms with Crippen LogP contribution in [-0.4, -0.2) is 18.6 Å². The summed E-state index contributed by atoms with van der Waals surface area (Å²) in [5.41, 5.74) is 10.1. The van der Waals surface area contributed by atoms with Gasteiger partial charge >= 0.3 is 0 Å². The van der Waals surface area contributed by atoms with Gasteiger partial charge in [-0.3, -0.25) is 4.79 Å². The van der Waals surface area contributed by atoms with E-state index < -0.39 is 6.10 Å². The number of fused-ring (bicyclic) bond motifs is 3. The molecule has 0 radical (unpaired) electrons. The molecule has 3 atom stereocenters. The van der Waals surface area contributed by atoms with Crippen molar-refractivity contribution >= 4 is 17.2 Å². The van der Waals surface area contributed by atoms with Gasteiger partial charge in [0.2, 0.25) is 0 Å². The molecule has 1 aliphatic heterocycles. The number of amides is 1. The largest absolute Gasteiger partial charge is 0.479 e. The van der Waals surface area contributed by atoms with Gasteiger partial charge in [-0.25, -0.2) is 0 Å². The summed E-state index contributed by atoms with van der Waals surface area (Å²) >= 11 is 0. The number of allylic oxidation sites excluding steroid dienone is 1. The first-order chi connectivity index (χ1) is 9.54. The Hall–Kier alpha value is -1.81. The number of carbonyl (C=O) groups is 1. The molecular formula is C16H20N2O2. The maximum Gasteiger partial charge on any atom is 0.265 e. The van der Waals surface area contributed by atoms with Crippen LogP contribution in [0.2, 0.25) is 0 Å². The van der Waals surface area contributed by atoms with Crippen LogP contribution in [0, 0.1) is 5.92 Å². The maximum atomic E-state index is 11.9. The van der Waals surface area contributed by atoms with E-state index in [1.807, 2.05) is 6.07 Å². The van der Waals surface area contributed by atoms with Crippen molar-refractivity contribution in [2.75, 3.05) is 11.9 Å². The average molecular weight is 272 g/mol. The normalized spacial score (nSPS) is 29.7. The van der Waals surface area contributed by atoms with Gasteiger partial charge in [0.1, 0.15) is 5.75 Å². The van der Waals surface area contributed by atoms with E-state index in [9.17, 15) is 4.79 Å². The number of ether oxygens (including phenoxy) is 1. The summed E-state index contributed by atoms with van der Waals surface area (Å²) < 4.78 is 5.70. The fourth-order valence-corrected chi connectivity index (χ4v) is 3.16. The molecule has 0 spiro atoms. The molecule has 3 N–H and O–H groups in total. The van der Waals surface area contributed by atoms with Crippen LogP contribution in [-0.2, 0) is 4.79 Å². The predicted octanol–water partition coefficient (Wildman–Crippen LogP) is 2.50. The van der Waals surface area contributed by atoms with E-state index in [-0.39, 0.29) is 5.91 Å². The number of hydrogen-bond donors (Lipinski definition) is 2. The second kappa shape index (κ2) is 4.63. The molecular weight excluding hydrogens is 252 g/mol. The highest BCUT2D eigenvalue weighted by atomic mass is 16.5. The zero-order chi connectivity index (χ0) is 14.4. The molecule has 0 saturated heterocycles. The van der Waals surface area contributed by atoms with Crippen LogP contribution in [0.15, 0.2) is 18.2 Å². The molecule has 2 aliphatic rings. The molecule has 4 heteroatoms. The lowest BCUT2D eigenvalue weighted by Crippen LogP contribution is -2.34. The van der Waals surface area contributed by atoms with E-state index in [0.717, 1.165) is 17.0 Å². The third-order valence-corrected chi connectivity index (χ3v) is 4.48. The minimum Gasteiger partial charge on any atom is -0.479 e. The Morgan fingerprint density at radius 1 is 1.30 bits per heavy atom. The molecule has 1 aromatic rings. The highest BCUT2D eigenvalue weighted by molar-refractivity contribution is 6.02. The van der Waals surface area contributed by atoms with Crippen LogP contribution < -0.4 is 15.8 Å². The summed E-state index contributed by atoms with van der Waals surface area (Å²) in [5, 5.41) is 2.99. The molecule has 3 unspecified atom stereocenters. The van der Waals surface area contributed by atoms with Crippen molar-refractivity contribution in [2.24, 2.45) is 11.7 Å². The molecule has 3 rings (SSSR count). The lowest BCUT2D eigenvalue weighted by atomic mass is 9.94. The highest BCUT2D eigenvalue weighted by Crippen LogP contribution is 2.51. The number of hydrogen-bond acceptors (Lipinski definition) is 3. The van der Waals surface area contributed by atoms with Crippen molar-refractivity contribution in [3.05, 3.63) is 29.3 Å². The molecule has 20 heavy (non-hydrogen) atoms. The fourth-order valence-electron chi connectivity index (χ4n) is 3.16. The Kier molecular flexibility index (Phi) is 3.05. The lowest BCUT2D eigenvalue weighted by molar-refractivity contribution is -0.122. The summed E-state index contributed by atoms with van der Waals surface area (Å²) in [6.45, 7) is 6.67. The van der Waals surface area contributed by atoms with Gasteiger partial charge in [0.25, 0.3) is 5.91 Å². The lowest BCUT2D eigenvalue weighted by Gasteiger charge is -2.26. The van der Waals surface area contributed by atoms with E-state index in [1.165, 1.54) is 11.1 Å². The molecule has 1 heterocycles. The van der Waals surface area contributed by atoms with Crippen molar-refractivity contribution in [1.29, 1.82) is 0 Å². The van der Waals surface area contributed by atoms with Crippen LogP contribution >= 0.6 is 0 Å². The smallest absolute Gasteiger partial charge is 0.265 e. The zero-order valence-corrected chi connectivity index (χ0v) is 12.1. The van der Waals surface area contributed by atoms with Crippen molar-refractivity contribution < 1.29 is 9.53 Å². The van der Waals surface area contributed by atoms with E-state index in [2.05, 4.69) is 31.3 Å².